The molecule has 0 aliphatic heterocycles. The van der Waals surface area contributed by atoms with E-state index in [0.29, 0.717) is 11.5 Å². The number of carbonyl (C=O) groups is 1. The van der Waals surface area contributed by atoms with E-state index in [1.165, 1.54) is 26.5 Å². The highest BCUT2D eigenvalue weighted by Crippen LogP contribution is 2.28. The van der Waals surface area contributed by atoms with E-state index in [-0.39, 0.29) is 6.54 Å². The third-order valence-corrected chi connectivity index (χ3v) is 3.28. The summed E-state index contributed by atoms with van der Waals surface area (Å²) < 4.78 is 8.63. The molecule has 0 heterocycles. The summed E-state index contributed by atoms with van der Waals surface area (Å²) in [5.74, 6) is 0.622. The maximum Gasteiger partial charge on any atom is 0.260 e. The zero-order chi connectivity index (χ0) is 16.6. The number of alkyl halides is 2. The molecule has 6 nitrogen and oxygen atoms in total. The van der Waals surface area contributed by atoms with Gasteiger partial charge in [-0.3, -0.25) is 15.1 Å². The van der Waals surface area contributed by atoms with E-state index in [9.17, 15) is 4.79 Å². The molecule has 0 aromatic heterocycles. The summed E-state index contributed by atoms with van der Waals surface area (Å²) in [6.07, 6.45) is 2.60. The number of halogens is 2. The van der Waals surface area contributed by atoms with E-state index in [2.05, 4.69) is 15.6 Å². The molecule has 1 rings (SSSR count). The van der Waals surface area contributed by atoms with E-state index in [4.69, 9.17) is 32.7 Å². The zero-order valence-corrected chi connectivity index (χ0v) is 14.0. The van der Waals surface area contributed by atoms with Crippen LogP contribution in [-0.4, -0.2) is 31.6 Å². The van der Waals surface area contributed by atoms with Crippen LogP contribution in [0, 0.1) is 0 Å². The van der Waals surface area contributed by atoms with Crippen molar-refractivity contribution < 1.29 is 19.1 Å². The van der Waals surface area contributed by atoms with Crippen molar-refractivity contribution in [3.05, 3.63) is 36.0 Å². The van der Waals surface area contributed by atoms with Crippen molar-refractivity contribution in [3.8, 4) is 11.5 Å². The Labute approximate surface area is 139 Å². The minimum Gasteiger partial charge on any atom is -0.493 e. The summed E-state index contributed by atoms with van der Waals surface area (Å²) in [6, 6.07) is 5.30. The third kappa shape index (κ3) is 5.29. The van der Waals surface area contributed by atoms with Gasteiger partial charge in [-0.1, -0.05) is 29.3 Å². The molecule has 8 heteroatoms. The zero-order valence-electron chi connectivity index (χ0n) is 12.5. The van der Waals surface area contributed by atoms with Gasteiger partial charge in [-0.15, -0.1) is 0 Å². The normalized spacial score (nSPS) is 11.3. The van der Waals surface area contributed by atoms with Gasteiger partial charge >= 0.3 is 0 Å². The number of hydrogen-bond donors (Lipinski definition) is 2. The van der Waals surface area contributed by atoms with Crippen LogP contribution >= 0.6 is 23.2 Å². The summed E-state index contributed by atoms with van der Waals surface area (Å²) in [7, 11) is 4.51. The van der Waals surface area contributed by atoms with E-state index >= 15 is 0 Å². The fourth-order valence-electron chi connectivity index (χ4n) is 1.57. The average molecular weight is 349 g/mol. The maximum absolute atomic E-state index is 12.0. The Balaban J connectivity index is 2.67. The Morgan fingerprint density at radius 1 is 1.23 bits per heavy atom. The molecule has 0 bridgehead atoms. The van der Waals surface area contributed by atoms with E-state index in [0.717, 1.165) is 5.56 Å². The van der Waals surface area contributed by atoms with Gasteiger partial charge in [-0.25, -0.2) is 0 Å². The first-order chi connectivity index (χ1) is 10.4. The van der Waals surface area contributed by atoms with E-state index < -0.39 is 10.2 Å². The number of methoxy groups -OCH3 is 2. The van der Waals surface area contributed by atoms with Gasteiger partial charge in [0.15, 0.2) is 11.5 Å². The molecule has 122 valence electrons. The summed E-state index contributed by atoms with van der Waals surface area (Å²) in [5, 5.41) is 2.64. The predicted molar refractivity (Wildman–Crippen MR) is 85.1 cm³/mol. The second-order valence-corrected chi connectivity index (χ2v) is 5.54. The van der Waals surface area contributed by atoms with Gasteiger partial charge in [-0.05, 0) is 23.8 Å². The van der Waals surface area contributed by atoms with Crippen LogP contribution in [0.1, 0.15) is 5.56 Å². The van der Waals surface area contributed by atoms with Gasteiger partial charge < -0.3 is 14.8 Å². The van der Waals surface area contributed by atoms with Gasteiger partial charge in [0.1, 0.15) is 0 Å². The summed E-state index contributed by atoms with van der Waals surface area (Å²) in [6.45, 7) is 0.242. The lowest BCUT2D eigenvalue weighted by Crippen LogP contribution is -2.36. The molecule has 0 saturated heterocycles. The van der Waals surface area contributed by atoms with Crippen molar-refractivity contribution in [3.63, 3.8) is 0 Å². The quantitative estimate of drug-likeness (QED) is 0.556. The molecule has 0 spiro atoms. The summed E-state index contributed by atoms with van der Waals surface area (Å²) in [5.41, 5.74) is 3.21. The fraction of sp³-hybridized carbons (Fsp3) is 0.357. The highest BCUT2D eigenvalue weighted by atomic mass is 35.5. The Bertz CT molecular complexity index is 536. The van der Waals surface area contributed by atoms with Crippen LogP contribution in [0.5, 0.6) is 11.5 Å². The van der Waals surface area contributed by atoms with Crippen molar-refractivity contribution in [2.24, 2.45) is 0 Å². The first-order valence-electron chi connectivity index (χ1n) is 6.28. The molecule has 1 amide bonds. The molecule has 0 radical (unpaired) electrons. The van der Waals surface area contributed by atoms with E-state index in [1.54, 1.807) is 25.3 Å². The Morgan fingerprint density at radius 3 is 2.50 bits per heavy atom. The lowest BCUT2D eigenvalue weighted by molar-refractivity contribution is -0.121. The molecular formula is C14H18Cl2N2O4. The highest BCUT2D eigenvalue weighted by Gasteiger charge is 2.30. The topological polar surface area (TPSA) is 68.8 Å². The molecule has 0 aliphatic carbocycles. The van der Waals surface area contributed by atoms with Gasteiger partial charge in [0.2, 0.25) is 4.33 Å². The molecule has 2 N–H and O–H groups in total. The van der Waals surface area contributed by atoms with Crippen molar-refractivity contribution in [1.82, 2.24) is 10.8 Å². The van der Waals surface area contributed by atoms with Crippen molar-refractivity contribution >= 4 is 29.1 Å². The molecule has 0 saturated carbocycles. The number of carbonyl (C=O) groups excluding carboxylic acids is 1. The number of hydroxylamine groups is 1. The van der Waals surface area contributed by atoms with E-state index in [1.807, 2.05) is 0 Å². The largest absolute Gasteiger partial charge is 0.493 e. The summed E-state index contributed by atoms with van der Waals surface area (Å²) in [4.78, 5) is 16.5. The predicted octanol–water partition coefficient (Wildman–Crippen LogP) is 2.16. The molecule has 1 aromatic carbocycles. The van der Waals surface area contributed by atoms with Crippen LogP contribution in [0.2, 0.25) is 0 Å². The highest BCUT2D eigenvalue weighted by molar-refractivity contribution is 6.59. The van der Waals surface area contributed by atoms with Crippen LogP contribution in [-0.2, 0) is 16.2 Å². The van der Waals surface area contributed by atoms with Crippen LogP contribution in [0.15, 0.2) is 30.5 Å². The standard InChI is InChI=1S/C14H18Cl2N2O4/c1-20-11-5-4-10(8-12(11)21-2)9-17-13(19)14(15,16)6-7-18-22-3/h4-8,18H,9H2,1-3H3,(H,17,19). The van der Waals surface area contributed by atoms with Crippen LogP contribution in [0.4, 0.5) is 0 Å². The number of nitrogens with one attached hydrogen (secondary N) is 2. The van der Waals surface area contributed by atoms with Crippen LogP contribution < -0.4 is 20.3 Å². The molecule has 0 unspecified atom stereocenters. The summed E-state index contributed by atoms with van der Waals surface area (Å²) >= 11 is 11.8. The van der Waals surface area contributed by atoms with Gasteiger partial charge in [0, 0.05) is 12.7 Å². The lowest BCUT2D eigenvalue weighted by atomic mass is 10.2. The Morgan fingerprint density at radius 2 is 1.91 bits per heavy atom. The Kier molecular flexibility index (Phi) is 7.31. The second kappa shape index (κ2) is 8.73. The molecule has 0 fully saturated rings. The first kappa shape index (κ1) is 18.4. The molecule has 0 aliphatic rings. The van der Waals surface area contributed by atoms with Crippen molar-refractivity contribution in [2.75, 3.05) is 21.3 Å². The second-order valence-electron chi connectivity index (χ2n) is 4.15. The van der Waals surface area contributed by atoms with Crippen molar-refractivity contribution in [2.45, 2.75) is 10.9 Å². The number of rotatable bonds is 8. The monoisotopic (exact) mass is 348 g/mol. The average Bonchev–Trinajstić information content (AvgIpc) is 2.52. The molecular weight excluding hydrogens is 331 g/mol. The van der Waals surface area contributed by atoms with Gasteiger partial charge in [0.25, 0.3) is 5.91 Å². The SMILES string of the molecule is CONC=CC(Cl)(Cl)C(=O)NCc1ccc(OC)c(OC)c1. The molecule has 22 heavy (non-hydrogen) atoms. The minimum atomic E-state index is -1.71. The van der Waals surface area contributed by atoms with Crippen LogP contribution in [0.3, 0.4) is 0 Å². The number of ether oxygens (including phenoxy) is 2. The molecule has 1 aromatic rings. The van der Waals surface area contributed by atoms with Gasteiger partial charge in [0.05, 0.1) is 21.3 Å². The Hall–Kier alpha value is -1.63. The molecule has 0 atom stereocenters. The van der Waals surface area contributed by atoms with Gasteiger partial charge in [-0.2, -0.15) is 0 Å². The number of hydrogen-bond acceptors (Lipinski definition) is 5. The van der Waals surface area contributed by atoms with Crippen LogP contribution in [0.25, 0.3) is 0 Å². The first-order valence-corrected chi connectivity index (χ1v) is 7.03. The number of amides is 1. The third-order valence-electron chi connectivity index (χ3n) is 2.68. The van der Waals surface area contributed by atoms with Crippen molar-refractivity contribution in [1.29, 1.82) is 0 Å². The maximum atomic E-state index is 12.0. The lowest BCUT2D eigenvalue weighted by Gasteiger charge is -2.15. The number of benzene rings is 1. The fourth-order valence-corrected chi connectivity index (χ4v) is 1.83. The smallest absolute Gasteiger partial charge is 0.260 e. The minimum absolute atomic E-state index is 0.242.